The van der Waals surface area contributed by atoms with E-state index in [1.54, 1.807) is 12.1 Å². The molecule has 0 atom stereocenters. The smallest absolute Gasteiger partial charge is 0.217 e. The van der Waals surface area contributed by atoms with E-state index in [0.717, 1.165) is 12.8 Å². The standard InChI is InChI=1S/C15H20O4/c1-4-5-11-6-8-12(9-7-11)13(16)10-14(17)15(18-2)19-3/h6-9,15H,4-5,10H2,1-3H3. The zero-order valence-electron chi connectivity index (χ0n) is 11.6. The van der Waals surface area contributed by atoms with Crippen LogP contribution in [0.15, 0.2) is 24.3 Å². The van der Waals surface area contributed by atoms with Crippen molar-refractivity contribution in [1.29, 1.82) is 0 Å². The number of carbonyl (C=O) groups is 2. The second-order valence-corrected chi connectivity index (χ2v) is 4.32. The third-order valence-corrected chi connectivity index (χ3v) is 2.84. The Balaban J connectivity index is 2.65. The first-order chi connectivity index (χ1) is 9.12. The maximum Gasteiger partial charge on any atom is 0.217 e. The van der Waals surface area contributed by atoms with E-state index in [0.29, 0.717) is 5.56 Å². The molecule has 0 aromatic heterocycles. The second kappa shape index (κ2) is 7.81. The fraction of sp³-hybridized carbons (Fsp3) is 0.467. The molecule has 0 spiro atoms. The van der Waals surface area contributed by atoms with Crippen LogP contribution in [0.4, 0.5) is 0 Å². The summed E-state index contributed by atoms with van der Waals surface area (Å²) >= 11 is 0. The second-order valence-electron chi connectivity index (χ2n) is 4.32. The van der Waals surface area contributed by atoms with Gasteiger partial charge in [-0.15, -0.1) is 0 Å². The van der Waals surface area contributed by atoms with E-state index < -0.39 is 6.29 Å². The highest BCUT2D eigenvalue weighted by atomic mass is 16.7. The van der Waals surface area contributed by atoms with E-state index >= 15 is 0 Å². The molecule has 4 heteroatoms. The summed E-state index contributed by atoms with van der Waals surface area (Å²) in [4.78, 5) is 23.6. The molecule has 1 aromatic rings. The Morgan fingerprint density at radius 3 is 2.16 bits per heavy atom. The van der Waals surface area contributed by atoms with Crippen molar-refractivity contribution in [1.82, 2.24) is 0 Å². The largest absolute Gasteiger partial charge is 0.349 e. The minimum Gasteiger partial charge on any atom is -0.349 e. The summed E-state index contributed by atoms with van der Waals surface area (Å²) < 4.78 is 9.65. The molecule has 19 heavy (non-hydrogen) atoms. The number of ketones is 2. The maximum atomic E-state index is 11.9. The number of carbonyl (C=O) groups excluding carboxylic acids is 2. The fourth-order valence-corrected chi connectivity index (χ4v) is 1.85. The average Bonchev–Trinajstić information content (AvgIpc) is 2.41. The van der Waals surface area contributed by atoms with Crippen LogP contribution >= 0.6 is 0 Å². The van der Waals surface area contributed by atoms with E-state index in [1.807, 2.05) is 12.1 Å². The molecule has 0 saturated heterocycles. The van der Waals surface area contributed by atoms with Crippen molar-refractivity contribution in [3.63, 3.8) is 0 Å². The highest BCUT2D eigenvalue weighted by Crippen LogP contribution is 2.10. The Morgan fingerprint density at radius 2 is 1.68 bits per heavy atom. The molecule has 0 amide bonds. The number of benzene rings is 1. The van der Waals surface area contributed by atoms with Gasteiger partial charge in [0.05, 0.1) is 6.42 Å². The molecule has 0 aliphatic heterocycles. The lowest BCUT2D eigenvalue weighted by Crippen LogP contribution is -2.27. The number of rotatable bonds is 8. The Bertz CT molecular complexity index is 418. The van der Waals surface area contributed by atoms with Gasteiger partial charge in [-0.3, -0.25) is 9.59 Å². The quantitative estimate of drug-likeness (QED) is 0.411. The van der Waals surface area contributed by atoms with Gasteiger partial charge in [-0.05, 0) is 12.0 Å². The van der Waals surface area contributed by atoms with Crippen molar-refractivity contribution in [3.05, 3.63) is 35.4 Å². The van der Waals surface area contributed by atoms with Gasteiger partial charge in [0.25, 0.3) is 0 Å². The van der Waals surface area contributed by atoms with Gasteiger partial charge in [0.15, 0.2) is 11.6 Å². The molecule has 0 fully saturated rings. The van der Waals surface area contributed by atoms with Crippen molar-refractivity contribution in [2.24, 2.45) is 0 Å². The van der Waals surface area contributed by atoms with Crippen LogP contribution in [-0.4, -0.2) is 32.1 Å². The molecule has 0 aliphatic carbocycles. The van der Waals surface area contributed by atoms with E-state index in [2.05, 4.69) is 6.92 Å². The number of Topliss-reactive ketones (excluding diaryl/α,β-unsaturated/α-hetero) is 2. The summed E-state index contributed by atoms with van der Waals surface area (Å²) in [5, 5.41) is 0. The zero-order chi connectivity index (χ0) is 14.3. The number of hydrogen-bond acceptors (Lipinski definition) is 4. The molecule has 0 unspecified atom stereocenters. The van der Waals surface area contributed by atoms with Gasteiger partial charge < -0.3 is 9.47 Å². The molecule has 0 saturated carbocycles. The molecule has 0 bridgehead atoms. The van der Waals surface area contributed by atoms with Crippen LogP contribution in [0.3, 0.4) is 0 Å². The highest BCUT2D eigenvalue weighted by Gasteiger charge is 2.20. The molecule has 0 aliphatic rings. The van der Waals surface area contributed by atoms with Crippen molar-refractivity contribution < 1.29 is 19.1 Å². The Hall–Kier alpha value is -1.52. The normalized spacial score (nSPS) is 10.7. The van der Waals surface area contributed by atoms with Gasteiger partial charge in [0.2, 0.25) is 6.29 Å². The summed E-state index contributed by atoms with van der Waals surface area (Å²) in [6.45, 7) is 2.10. The average molecular weight is 264 g/mol. The van der Waals surface area contributed by atoms with Gasteiger partial charge in [-0.1, -0.05) is 37.6 Å². The zero-order valence-corrected chi connectivity index (χ0v) is 11.6. The minimum atomic E-state index is -0.969. The highest BCUT2D eigenvalue weighted by molar-refractivity contribution is 6.08. The molecule has 1 aromatic carbocycles. The van der Waals surface area contributed by atoms with Crippen LogP contribution in [0.5, 0.6) is 0 Å². The minimum absolute atomic E-state index is 0.209. The summed E-state index contributed by atoms with van der Waals surface area (Å²) in [6, 6.07) is 7.36. The molecule has 104 valence electrons. The third-order valence-electron chi connectivity index (χ3n) is 2.84. The van der Waals surface area contributed by atoms with Crippen molar-refractivity contribution in [2.45, 2.75) is 32.5 Å². The Kier molecular flexibility index (Phi) is 6.39. The van der Waals surface area contributed by atoms with Crippen LogP contribution in [-0.2, 0) is 20.7 Å². The summed E-state index contributed by atoms with van der Waals surface area (Å²) in [5.41, 5.74) is 1.73. The molecule has 0 N–H and O–H groups in total. The molecule has 4 nitrogen and oxygen atoms in total. The van der Waals surface area contributed by atoms with Crippen LogP contribution in [0.1, 0.15) is 35.7 Å². The predicted molar refractivity (Wildman–Crippen MR) is 72.2 cm³/mol. The lowest BCUT2D eigenvalue weighted by Gasteiger charge is -2.11. The summed E-state index contributed by atoms with van der Waals surface area (Å²) in [5.74, 6) is -0.584. The summed E-state index contributed by atoms with van der Waals surface area (Å²) in [6.07, 6.45) is 0.876. The van der Waals surface area contributed by atoms with E-state index in [1.165, 1.54) is 19.8 Å². The van der Waals surface area contributed by atoms with Gasteiger partial charge in [-0.25, -0.2) is 0 Å². The Labute approximate surface area is 113 Å². The van der Waals surface area contributed by atoms with Crippen LogP contribution in [0, 0.1) is 0 Å². The third kappa shape index (κ3) is 4.58. The van der Waals surface area contributed by atoms with Crippen LogP contribution < -0.4 is 0 Å². The van der Waals surface area contributed by atoms with Crippen molar-refractivity contribution >= 4 is 11.6 Å². The SMILES string of the molecule is CCCc1ccc(C(=O)CC(=O)C(OC)OC)cc1. The van der Waals surface area contributed by atoms with Gasteiger partial charge in [0, 0.05) is 19.8 Å². The van der Waals surface area contributed by atoms with Crippen LogP contribution in [0.2, 0.25) is 0 Å². The van der Waals surface area contributed by atoms with Crippen molar-refractivity contribution in [2.75, 3.05) is 14.2 Å². The molecule has 0 heterocycles. The summed E-state index contributed by atoms with van der Waals surface area (Å²) in [7, 11) is 2.74. The number of ether oxygens (including phenoxy) is 2. The van der Waals surface area contributed by atoms with E-state index in [4.69, 9.17) is 9.47 Å². The van der Waals surface area contributed by atoms with Crippen molar-refractivity contribution in [3.8, 4) is 0 Å². The number of hydrogen-bond donors (Lipinski definition) is 0. The van der Waals surface area contributed by atoms with Gasteiger partial charge in [0.1, 0.15) is 0 Å². The van der Waals surface area contributed by atoms with E-state index in [-0.39, 0.29) is 18.0 Å². The number of aryl methyl sites for hydroxylation is 1. The lowest BCUT2D eigenvalue weighted by molar-refractivity contribution is -0.155. The molecular formula is C15H20O4. The van der Waals surface area contributed by atoms with E-state index in [9.17, 15) is 9.59 Å². The maximum absolute atomic E-state index is 11.9. The molecular weight excluding hydrogens is 244 g/mol. The topological polar surface area (TPSA) is 52.6 Å². The first kappa shape index (κ1) is 15.5. The number of methoxy groups -OCH3 is 2. The first-order valence-corrected chi connectivity index (χ1v) is 6.32. The Morgan fingerprint density at radius 1 is 1.11 bits per heavy atom. The predicted octanol–water partition coefficient (Wildman–Crippen LogP) is 2.40. The molecule has 1 rings (SSSR count). The van der Waals surface area contributed by atoms with Gasteiger partial charge >= 0.3 is 0 Å². The monoisotopic (exact) mass is 264 g/mol. The molecule has 0 radical (unpaired) electrons. The van der Waals surface area contributed by atoms with Crippen LogP contribution in [0.25, 0.3) is 0 Å². The lowest BCUT2D eigenvalue weighted by atomic mass is 10.0. The fourth-order valence-electron chi connectivity index (χ4n) is 1.85. The van der Waals surface area contributed by atoms with Gasteiger partial charge in [-0.2, -0.15) is 0 Å². The first-order valence-electron chi connectivity index (χ1n) is 6.32.